The first kappa shape index (κ1) is 17.6. The topological polar surface area (TPSA) is 57.2 Å². The van der Waals surface area contributed by atoms with Crippen LogP contribution in [-0.2, 0) is 23.7 Å². The molecule has 0 aromatic carbocycles. The second-order valence-electron chi connectivity index (χ2n) is 6.81. The zero-order valence-electron chi connectivity index (χ0n) is 14.6. The molecule has 3 aliphatic rings. The molecule has 3 heterocycles. The van der Waals surface area contributed by atoms with Crippen LogP contribution in [0, 0.1) is 11.8 Å². The highest BCUT2D eigenvalue weighted by Crippen LogP contribution is 2.36. The normalized spacial score (nSPS) is 35.4. The summed E-state index contributed by atoms with van der Waals surface area (Å²) in [7, 11) is 0. The van der Waals surface area contributed by atoms with Crippen LogP contribution in [0.4, 0.5) is 0 Å². The predicted molar refractivity (Wildman–Crippen MR) is 88.1 cm³/mol. The van der Waals surface area contributed by atoms with Crippen LogP contribution in [0.25, 0.3) is 0 Å². The van der Waals surface area contributed by atoms with Crippen LogP contribution in [0.5, 0.6) is 0 Å². The minimum absolute atomic E-state index is 0.0101. The lowest BCUT2D eigenvalue weighted by Crippen LogP contribution is -2.52. The molecule has 3 rings (SSSR count). The van der Waals surface area contributed by atoms with E-state index < -0.39 is 0 Å². The van der Waals surface area contributed by atoms with Crippen LogP contribution in [0.2, 0.25) is 0 Å². The highest BCUT2D eigenvalue weighted by Gasteiger charge is 2.55. The molecule has 3 aliphatic heterocycles. The Morgan fingerprint density at radius 3 is 2.17 bits per heavy atom. The number of ether oxygens (including phenoxy) is 4. The molecule has 6 atom stereocenters. The van der Waals surface area contributed by atoms with Crippen LogP contribution in [0.3, 0.4) is 0 Å². The number of hydrogen-bond donors (Lipinski definition) is 0. The number of amides is 1. The first-order valence-corrected chi connectivity index (χ1v) is 8.55. The lowest BCUT2D eigenvalue weighted by molar-refractivity contribution is -0.208. The van der Waals surface area contributed by atoms with E-state index >= 15 is 0 Å². The minimum atomic E-state index is -0.207. The van der Waals surface area contributed by atoms with Crippen molar-refractivity contribution in [1.29, 1.82) is 0 Å². The Kier molecular flexibility index (Phi) is 5.39. The lowest BCUT2D eigenvalue weighted by Gasteiger charge is -2.36. The van der Waals surface area contributed by atoms with Crippen molar-refractivity contribution < 1.29 is 23.7 Å². The van der Waals surface area contributed by atoms with Crippen molar-refractivity contribution in [1.82, 2.24) is 4.90 Å². The smallest absolute Gasteiger partial charge is 0.227 e. The number of carbonyl (C=O) groups excluding carboxylic acids is 1. The second-order valence-corrected chi connectivity index (χ2v) is 6.81. The minimum Gasteiger partial charge on any atom is -0.353 e. The van der Waals surface area contributed by atoms with Gasteiger partial charge in [0, 0.05) is 11.8 Å². The third-order valence-electron chi connectivity index (χ3n) is 5.21. The molecule has 0 bridgehead atoms. The average molecular weight is 337 g/mol. The van der Waals surface area contributed by atoms with E-state index in [1.807, 2.05) is 37.8 Å². The maximum absolute atomic E-state index is 13.3. The SMILES string of the molecule is C=C(C)[C@H](/C=C/C)[C@H](C)C(=O)N1[C@H]2COCO[C@H]2[C@@H]2OCOC[C@@H]21. The van der Waals surface area contributed by atoms with Gasteiger partial charge in [-0.1, -0.05) is 31.2 Å². The number of likely N-dealkylation sites (tertiary alicyclic amines) is 1. The van der Waals surface area contributed by atoms with E-state index in [2.05, 4.69) is 6.58 Å². The van der Waals surface area contributed by atoms with Crippen LogP contribution < -0.4 is 0 Å². The van der Waals surface area contributed by atoms with E-state index in [1.54, 1.807) is 0 Å². The molecule has 0 unspecified atom stereocenters. The third kappa shape index (κ3) is 3.04. The number of allylic oxidation sites excluding steroid dienone is 3. The molecular formula is C18H27NO5. The summed E-state index contributed by atoms with van der Waals surface area (Å²) >= 11 is 0. The van der Waals surface area contributed by atoms with Gasteiger partial charge in [-0.05, 0) is 13.8 Å². The average Bonchev–Trinajstić information content (AvgIpc) is 2.93. The maximum atomic E-state index is 13.3. The van der Waals surface area contributed by atoms with Crippen molar-refractivity contribution in [2.45, 2.75) is 45.1 Å². The first-order valence-electron chi connectivity index (χ1n) is 8.55. The molecule has 6 nitrogen and oxygen atoms in total. The highest BCUT2D eigenvalue weighted by atomic mass is 16.7. The van der Waals surface area contributed by atoms with Crippen molar-refractivity contribution in [3.8, 4) is 0 Å². The van der Waals surface area contributed by atoms with E-state index in [4.69, 9.17) is 18.9 Å². The molecule has 24 heavy (non-hydrogen) atoms. The van der Waals surface area contributed by atoms with E-state index in [0.29, 0.717) is 13.2 Å². The van der Waals surface area contributed by atoms with Gasteiger partial charge in [-0.15, -0.1) is 0 Å². The molecule has 0 saturated carbocycles. The van der Waals surface area contributed by atoms with Crippen molar-refractivity contribution >= 4 is 5.91 Å². The zero-order chi connectivity index (χ0) is 17.3. The van der Waals surface area contributed by atoms with Crippen LogP contribution in [0.1, 0.15) is 20.8 Å². The fraction of sp³-hybridized carbons (Fsp3) is 0.722. The summed E-state index contributed by atoms with van der Waals surface area (Å²) in [6.45, 7) is 11.4. The molecule has 1 amide bonds. The van der Waals surface area contributed by atoms with Gasteiger partial charge >= 0.3 is 0 Å². The summed E-state index contributed by atoms with van der Waals surface area (Å²) in [4.78, 5) is 15.2. The summed E-state index contributed by atoms with van der Waals surface area (Å²) in [5, 5.41) is 0. The molecule has 0 aromatic rings. The van der Waals surface area contributed by atoms with Gasteiger partial charge in [0.15, 0.2) is 0 Å². The molecule has 0 aliphatic carbocycles. The van der Waals surface area contributed by atoms with Gasteiger partial charge in [0.2, 0.25) is 5.91 Å². The quantitative estimate of drug-likeness (QED) is 0.731. The van der Waals surface area contributed by atoms with E-state index in [9.17, 15) is 4.79 Å². The Morgan fingerprint density at radius 1 is 1.17 bits per heavy atom. The van der Waals surface area contributed by atoms with Crippen molar-refractivity contribution in [3.05, 3.63) is 24.3 Å². The number of carbonyl (C=O) groups is 1. The Labute approximate surface area is 143 Å². The molecular weight excluding hydrogens is 310 g/mol. The highest BCUT2D eigenvalue weighted by molar-refractivity contribution is 5.81. The fourth-order valence-corrected chi connectivity index (χ4v) is 4.03. The first-order chi connectivity index (χ1) is 11.6. The lowest BCUT2D eigenvalue weighted by atomic mass is 9.86. The molecule has 3 saturated heterocycles. The Morgan fingerprint density at radius 2 is 1.71 bits per heavy atom. The van der Waals surface area contributed by atoms with Gasteiger partial charge in [-0.25, -0.2) is 0 Å². The molecule has 6 heteroatoms. The van der Waals surface area contributed by atoms with Gasteiger partial charge in [0.25, 0.3) is 0 Å². The number of nitrogens with zero attached hydrogens (tertiary/aromatic N) is 1. The number of fused-ring (bicyclic) bond motifs is 3. The summed E-state index contributed by atoms with van der Waals surface area (Å²) in [5.41, 5.74) is 0.980. The van der Waals surface area contributed by atoms with E-state index in [0.717, 1.165) is 5.57 Å². The molecule has 0 spiro atoms. The largest absolute Gasteiger partial charge is 0.353 e. The standard InChI is InChI=1S/C18H27NO5/c1-5-6-13(11(2)3)12(4)18(20)19-14-7-21-9-23-16(14)17-15(19)8-22-10-24-17/h5-6,12-17H,2,7-10H2,1,3-4H3/b6-5+/t12-,13-,14-,15-,16+,17+/m0/s1. The molecule has 0 aromatic heterocycles. The summed E-state index contributed by atoms with van der Waals surface area (Å²) in [6.07, 6.45) is 3.72. The molecule has 3 fully saturated rings. The van der Waals surface area contributed by atoms with Gasteiger partial charge in [-0.2, -0.15) is 0 Å². The fourth-order valence-electron chi connectivity index (χ4n) is 4.03. The summed E-state index contributed by atoms with van der Waals surface area (Å²) in [5.74, 6) is -0.121. The molecule has 134 valence electrons. The Bertz CT molecular complexity index is 498. The Hall–Kier alpha value is -1.21. The van der Waals surface area contributed by atoms with Crippen LogP contribution >= 0.6 is 0 Å². The maximum Gasteiger partial charge on any atom is 0.227 e. The summed E-state index contributed by atoms with van der Waals surface area (Å²) < 4.78 is 22.4. The second kappa shape index (κ2) is 7.35. The van der Waals surface area contributed by atoms with E-state index in [-0.39, 0.29) is 55.6 Å². The van der Waals surface area contributed by atoms with Crippen molar-refractivity contribution in [3.63, 3.8) is 0 Å². The Balaban J connectivity index is 1.85. The predicted octanol–water partition coefficient (Wildman–Crippen LogP) is 1.72. The number of rotatable bonds is 4. The number of hydrogen-bond acceptors (Lipinski definition) is 5. The van der Waals surface area contributed by atoms with Crippen molar-refractivity contribution in [2.75, 3.05) is 26.8 Å². The van der Waals surface area contributed by atoms with Gasteiger partial charge in [0.1, 0.15) is 25.8 Å². The van der Waals surface area contributed by atoms with Gasteiger partial charge < -0.3 is 23.8 Å². The summed E-state index contributed by atoms with van der Waals surface area (Å²) in [6, 6.07) is -0.247. The van der Waals surface area contributed by atoms with Crippen LogP contribution in [-0.4, -0.2) is 61.9 Å². The molecule has 0 radical (unpaired) electrons. The van der Waals surface area contributed by atoms with Crippen molar-refractivity contribution in [2.24, 2.45) is 11.8 Å². The van der Waals surface area contributed by atoms with Crippen LogP contribution in [0.15, 0.2) is 24.3 Å². The van der Waals surface area contributed by atoms with E-state index in [1.165, 1.54) is 0 Å². The van der Waals surface area contributed by atoms with Gasteiger partial charge in [0.05, 0.1) is 25.3 Å². The van der Waals surface area contributed by atoms with Gasteiger partial charge in [-0.3, -0.25) is 4.79 Å². The molecule has 0 N–H and O–H groups in total. The third-order valence-corrected chi connectivity index (χ3v) is 5.21. The monoisotopic (exact) mass is 337 g/mol. The zero-order valence-corrected chi connectivity index (χ0v) is 14.6.